The molecule has 0 bridgehead atoms. The average molecular weight is 696 g/mol. The molecular weight excluding hydrogens is 659 g/mol. The SMILES string of the molecule is CC1(C)c2ccc(-c3cccc(N(c4ccccc4)c4ccc(-c5ccc6sc7ccccc7c6c5)cc4)c3)cc2-c2ccc(-c3ccccc3)cc21. The molecule has 0 radical (unpaired) electrons. The van der Waals surface area contributed by atoms with Crippen LogP contribution in [0.15, 0.2) is 188 Å². The molecule has 0 atom stereocenters. The van der Waals surface area contributed by atoms with Crippen LogP contribution >= 0.6 is 11.3 Å². The highest BCUT2D eigenvalue weighted by atomic mass is 32.1. The Kier molecular flexibility index (Phi) is 7.42. The molecule has 252 valence electrons. The Bertz CT molecular complexity index is 2790. The van der Waals surface area contributed by atoms with Crippen molar-refractivity contribution in [2.24, 2.45) is 0 Å². The van der Waals surface area contributed by atoms with Gasteiger partial charge in [0.25, 0.3) is 0 Å². The predicted octanol–water partition coefficient (Wildman–Crippen LogP) is 14.8. The maximum absolute atomic E-state index is 2.40. The Morgan fingerprint density at radius 2 is 0.925 bits per heavy atom. The van der Waals surface area contributed by atoms with Crippen LogP contribution in [0.1, 0.15) is 25.0 Å². The van der Waals surface area contributed by atoms with Crippen LogP contribution in [0.4, 0.5) is 17.1 Å². The van der Waals surface area contributed by atoms with Crippen LogP contribution < -0.4 is 4.90 Å². The Labute approximate surface area is 315 Å². The summed E-state index contributed by atoms with van der Waals surface area (Å²) in [6, 6.07) is 69.0. The first-order chi connectivity index (χ1) is 26.0. The highest BCUT2D eigenvalue weighted by molar-refractivity contribution is 7.25. The number of anilines is 3. The van der Waals surface area contributed by atoms with Crippen molar-refractivity contribution in [2.75, 3.05) is 4.90 Å². The molecule has 1 aromatic heterocycles. The van der Waals surface area contributed by atoms with E-state index in [1.54, 1.807) is 0 Å². The monoisotopic (exact) mass is 695 g/mol. The zero-order valence-electron chi connectivity index (χ0n) is 29.8. The molecule has 53 heavy (non-hydrogen) atoms. The van der Waals surface area contributed by atoms with Crippen molar-refractivity contribution in [1.82, 2.24) is 0 Å². The van der Waals surface area contributed by atoms with Crippen molar-refractivity contribution >= 4 is 48.6 Å². The van der Waals surface area contributed by atoms with Gasteiger partial charge in [0.1, 0.15) is 0 Å². The molecule has 0 unspecified atom stereocenters. The number of hydrogen-bond acceptors (Lipinski definition) is 2. The quantitative estimate of drug-likeness (QED) is 0.167. The van der Waals surface area contributed by atoms with Gasteiger partial charge in [-0.15, -0.1) is 11.3 Å². The van der Waals surface area contributed by atoms with Crippen molar-refractivity contribution in [3.05, 3.63) is 199 Å². The third-order valence-electron chi connectivity index (χ3n) is 11.1. The summed E-state index contributed by atoms with van der Waals surface area (Å²) >= 11 is 1.86. The topological polar surface area (TPSA) is 3.24 Å². The molecule has 0 saturated heterocycles. The highest BCUT2D eigenvalue weighted by Gasteiger charge is 2.35. The zero-order chi connectivity index (χ0) is 35.5. The van der Waals surface area contributed by atoms with Gasteiger partial charge >= 0.3 is 0 Å². The van der Waals surface area contributed by atoms with E-state index >= 15 is 0 Å². The molecule has 0 amide bonds. The van der Waals surface area contributed by atoms with E-state index in [0.29, 0.717) is 0 Å². The van der Waals surface area contributed by atoms with Gasteiger partial charge in [0, 0.05) is 42.6 Å². The minimum absolute atomic E-state index is 0.0741. The van der Waals surface area contributed by atoms with Crippen LogP contribution in [0.2, 0.25) is 0 Å². The first kappa shape index (κ1) is 31.5. The van der Waals surface area contributed by atoms with Crippen LogP contribution in [0.25, 0.3) is 64.7 Å². The Morgan fingerprint density at radius 3 is 1.75 bits per heavy atom. The predicted molar refractivity (Wildman–Crippen MR) is 228 cm³/mol. The number of thiophene rings is 1. The van der Waals surface area contributed by atoms with Crippen molar-refractivity contribution in [1.29, 1.82) is 0 Å². The van der Waals surface area contributed by atoms with E-state index in [1.807, 2.05) is 11.3 Å². The number of para-hydroxylation sites is 1. The van der Waals surface area contributed by atoms with Crippen LogP contribution in [0, 0.1) is 0 Å². The molecule has 0 aliphatic heterocycles. The van der Waals surface area contributed by atoms with Crippen molar-refractivity contribution in [3.63, 3.8) is 0 Å². The molecule has 0 fully saturated rings. The molecule has 2 heteroatoms. The van der Waals surface area contributed by atoms with Crippen molar-refractivity contribution in [2.45, 2.75) is 19.3 Å². The summed E-state index contributed by atoms with van der Waals surface area (Å²) in [5, 5.41) is 2.65. The summed E-state index contributed by atoms with van der Waals surface area (Å²) in [6.07, 6.45) is 0. The van der Waals surface area contributed by atoms with Crippen molar-refractivity contribution in [3.8, 4) is 44.5 Å². The van der Waals surface area contributed by atoms with Crippen LogP contribution in [0.5, 0.6) is 0 Å². The largest absolute Gasteiger partial charge is 0.310 e. The van der Waals surface area contributed by atoms with Gasteiger partial charge in [-0.05, 0) is 122 Å². The van der Waals surface area contributed by atoms with E-state index in [9.17, 15) is 0 Å². The number of benzene rings is 8. The van der Waals surface area contributed by atoms with Crippen LogP contribution in [-0.4, -0.2) is 0 Å². The first-order valence-electron chi connectivity index (χ1n) is 18.3. The smallest absolute Gasteiger partial charge is 0.0467 e. The lowest BCUT2D eigenvalue weighted by atomic mass is 9.81. The highest BCUT2D eigenvalue weighted by Crippen LogP contribution is 2.51. The van der Waals surface area contributed by atoms with E-state index < -0.39 is 0 Å². The summed E-state index contributed by atoms with van der Waals surface area (Å²) in [5.41, 5.74) is 16.1. The second-order valence-corrected chi connectivity index (χ2v) is 15.7. The minimum atomic E-state index is -0.0741. The summed E-state index contributed by atoms with van der Waals surface area (Å²) in [5.74, 6) is 0. The minimum Gasteiger partial charge on any atom is -0.310 e. The molecule has 0 spiro atoms. The number of nitrogens with zero attached hydrogens (tertiary/aromatic N) is 1. The number of hydrogen-bond donors (Lipinski definition) is 0. The average Bonchev–Trinajstić information content (AvgIpc) is 3.70. The van der Waals surface area contributed by atoms with E-state index in [4.69, 9.17) is 0 Å². The lowest BCUT2D eigenvalue weighted by Gasteiger charge is -2.26. The fourth-order valence-corrected chi connectivity index (χ4v) is 9.39. The molecule has 1 heterocycles. The third-order valence-corrected chi connectivity index (χ3v) is 12.2. The molecule has 8 aromatic carbocycles. The number of fused-ring (bicyclic) bond motifs is 6. The van der Waals surface area contributed by atoms with Crippen LogP contribution in [-0.2, 0) is 5.41 Å². The Balaban J connectivity index is 1.01. The van der Waals surface area contributed by atoms with E-state index in [-0.39, 0.29) is 5.41 Å². The number of rotatable bonds is 6. The maximum Gasteiger partial charge on any atom is 0.0467 e. The molecular formula is C51H37NS. The van der Waals surface area contributed by atoms with Crippen LogP contribution in [0.3, 0.4) is 0 Å². The Morgan fingerprint density at radius 1 is 0.358 bits per heavy atom. The summed E-state index contributed by atoms with van der Waals surface area (Å²) in [6.45, 7) is 4.72. The zero-order valence-corrected chi connectivity index (χ0v) is 30.6. The third kappa shape index (κ3) is 5.37. The molecule has 1 nitrogen and oxygen atoms in total. The van der Waals surface area contributed by atoms with Gasteiger partial charge in [0.05, 0.1) is 0 Å². The lowest BCUT2D eigenvalue weighted by molar-refractivity contribution is 0.660. The standard InChI is InChI=1S/C51H37NS/c1-51(2)47-28-23-38(31-45(47)43-27-22-39(33-48(43)51)34-12-5-3-6-13-34)36-14-11-17-42(30-36)52(40-15-7-4-8-16-40)41-25-20-35(21-26-41)37-24-29-50-46(32-37)44-18-9-10-19-49(44)53-50/h3-33H,1-2H3. The lowest BCUT2D eigenvalue weighted by Crippen LogP contribution is -2.15. The maximum atomic E-state index is 2.40. The molecule has 1 aliphatic carbocycles. The van der Waals surface area contributed by atoms with Gasteiger partial charge in [-0.3, -0.25) is 0 Å². The summed E-state index contributed by atoms with van der Waals surface area (Å²) < 4.78 is 2.66. The summed E-state index contributed by atoms with van der Waals surface area (Å²) in [4.78, 5) is 2.36. The molecule has 1 aliphatic rings. The summed E-state index contributed by atoms with van der Waals surface area (Å²) in [7, 11) is 0. The molecule has 10 rings (SSSR count). The van der Waals surface area contributed by atoms with E-state index in [1.165, 1.54) is 75.8 Å². The fraction of sp³-hybridized carbons (Fsp3) is 0.0588. The van der Waals surface area contributed by atoms with Gasteiger partial charge < -0.3 is 4.90 Å². The van der Waals surface area contributed by atoms with Gasteiger partial charge in [0.15, 0.2) is 0 Å². The second-order valence-electron chi connectivity index (χ2n) is 14.6. The van der Waals surface area contributed by atoms with Gasteiger partial charge in [-0.1, -0.05) is 135 Å². The fourth-order valence-electron chi connectivity index (χ4n) is 8.30. The Hall–Kier alpha value is -6.22. The van der Waals surface area contributed by atoms with Crippen molar-refractivity contribution < 1.29 is 0 Å². The molecule has 0 saturated carbocycles. The molecule has 9 aromatic rings. The normalized spacial score (nSPS) is 12.9. The van der Waals surface area contributed by atoms with E-state index in [0.717, 1.165) is 17.1 Å². The van der Waals surface area contributed by atoms with Gasteiger partial charge in [-0.25, -0.2) is 0 Å². The van der Waals surface area contributed by atoms with Gasteiger partial charge in [0.2, 0.25) is 0 Å². The van der Waals surface area contributed by atoms with Gasteiger partial charge in [-0.2, -0.15) is 0 Å². The first-order valence-corrected chi connectivity index (χ1v) is 19.2. The molecule has 0 N–H and O–H groups in total. The second kappa shape index (κ2) is 12.5. The van der Waals surface area contributed by atoms with E-state index in [2.05, 4.69) is 207 Å².